The molecule has 2 N–H and O–H groups in total. The van der Waals surface area contributed by atoms with Gasteiger partial charge in [-0.05, 0) is 53.5 Å². The number of carbonyl (C=O) groups is 1. The smallest absolute Gasteiger partial charge is 0.244 e. The maximum Gasteiger partial charge on any atom is 0.244 e. The molecule has 1 amide bonds. The van der Waals surface area contributed by atoms with Gasteiger partial charge in [0.15, 0.2) is 0 Å². The van der Waals surface area contributed by atoms with Gasteiger partial charge in [0.1, 0.15) is 0 Å². The summed E-state index contributed by atoms with van der Waals surface area (Å²) in [5.74, 6) is 0.0731. The highest BCUT2D eigenvalue weighted by atomic mass is 16.1. The van der Waals surface area contributed by atoms with Crippen molar-refractivity contribution >= 4 is 5.91 Å². The molecular weight excluding hydrogens is 212 g/mol. The average Bonchev–Trinajstić information content (AvgIpc) is 2.16. The quantitative estimate of drug-likeness (QED) is 0.695. The van der Waals surface area contributed by atoms with Gasteiger partial charge in [-0.1, -0.05) is 13.0 Å². The van der Waals surface area contributed by atoms with Crippen LogP contribution in [0.4, 0.5) is 0 Å². The lowest BCUT2D eigenvalue weighted by molar-refractivity contribution is -0.114. The minimum atomic E-state index is -0.318. The maximum absolute atomic E-state index is 10.9. The third kappa shape index (κ3) is 6.47. The van der Waals surface area contributed by atoms with Crippen LogP contribution >= 0.6 is 0 Å². The molecular formula is C14H28N2O. The molecule has 100 valence electrons. The molecule has 0 spiro atoms. The summed E-state index contributed by atoms with van der Waals surface area (Å²) in [5, 5.41) is 0. The molecule has 0 aliphatic rings. The Morgan fingerprint density at radius 2 is 1.65 bits per heavy atom. The number of hydrogen-bond acceptors (Lipinski definition) is 2. The Morgan fingerprint density at radius 1 is 1.18 bits per heavy atom. The van der Waals surface area contributed by atoms with Crippen LogP contribution in [0, 0.1) is 5.92 Å². The molecule has 0 fully saturated rings. The minimum absolute atomic E-state index is 0.318. The lowest BCUT2D eigenvalue weighted by atomic mass is 10.0. The van der Waals surface area contributed by atoms with E-state index >= 15 is 0 Å². The van der Waals surface area contributed by atoms with E-state index in [-0.39, 0.29) is 5.91 Å². The largest absolute Gasteiger partial charge is 0.366 e. The van der Waals surface area contributed by atoms with Gasteiger partial charge in [-0.25, -0.2) is 0 Å². The highest BCUT2D eigenvalue weighted by molar-refractivity contribution is 5.91. The van der Waals surface area contributed by atoms with E-state index in [1.165, 1.54) is 0 Å². The first-order valence-electron chi connectivity index (χ1n) is 6.49. The van der Waals surface area contributed by atoms with Crippen LogP contribution in [0.5, 0.6) is 0 Å². The summed E-state index contributed by atoms with van der Waals surface area (Å²) in [7, 11) is 0. The first kappa shape index (κ1) is 16.2. The molecule has 0 heterocycles. The highest BCUT2D eigenvalue weighted by Crippen LogP contribution is 2.12. The molecule has 17 heavy (non-hydrogen) atoms. The van der Waals surface area contributed by atoms with Crippen LogP contribution in [0.1, 0.15) is 48.0 Å². The number of hydrogen-bond donors (Lipinski definition) is 1. The van der Waals surface area contributed by atoms with Crippen molar-refractivity contribution in [2.24, 2.45) is 11.7 Å². The molecule has 0 aliphatic heterocycles. The summed E-state index contributed by atoms with van der Waals surface area (Å²) in [6.45, 7) is 13.8. The summed E-state index contributed by atoms with van der Waals surface area (Å²) in [4.78, 5) is 13.4. The zero-order chi connectivity index (χ0) is 13.6. The van der Waals surface area contributed by atoms with Gasteiger partial charge in [0.25, 0.3) is 0 Å². The molecule has 0 rings (SSSR count). The zero-order valence-corrected chi connectivity index (χ0v) is 12.2. The Labute approximate surface area is 106 Å². The number of nitrogens with zero attached hydrogens (tertiary/aromatic N) is 1. The highest BCUT2D eigenvalue weighted by Gasteiger charge is 2.14. The molecule has 0 aliphatic carbocycles. The van der Waals surface area contributed by atoms with Crippen molar-refractivity contribution in [2.75, 3.05) is 6.54 Å². The first-order chi connectivity index (χ1) is 7.75. The monoisotopic (exact) mass is 240 g/mol. The van der Waals surface area contributed by atoms with Crippen LogP contribution in [0.15, 0.2) is 11.6 Å². The summed E-state index contributed by atoms with van der Waals surface area (Å²) in [6, 6.07) is 1.12. The van der Waals surface area contributed by atoms with Crippen molar-refractivity contribution < 1.29 is 4.79 Å². The molecule has 0 bridgehead atoms. The third-order valence-electron chi connectivity index (χ3n) is 3.09. The summed E-state index contributed by atoms with van der Waals surface area (Å²) >= 11 is 0. The van der Waals surface area contributed by atoms with Gasteiger partial charge < -0.3 is 5.73 Å². The van der Waals surface area contributed by atoms with E-state index in [9.17, 15) is 4.79 Å². The third-order valence-corrected chi connectivity index (χ3v) is 3.09. The second-order valence-corrected chi connectivity index (χ2v) is 5.41. The standard InChI is InChI=1S/C14H28N2O/c1-10(2)16(11(3)4)8-7-12(5)9-13(6)14(15)17/h9-12H,7-8H2,1-6H3,(H2,15,17). The van der Waals surface area contributed by atoms with Gasteiger partial charge in [-0.2, -0.15) is 0 Å². The number of rotatable bonds is 7. The SMILES string of the molecule is CC(=CC(C)CCN(C(C)C)C(C)C)C(N)=O. The molecule has 0 aromatic carbocycles. The average molecular weight is 240 g/mol. The van der Waals surface area contributed by atoms with Crippen LogP contribution in [0.3, 0.4) is 0 Å². The van der Waals surface area contributed by atoms with Crippen molar-refractivity contribution in [1.82, 2.24) is 4.90 Å². The lowest BCUT2D eigenvalue weighted by Gasteiger charge is -2.31. The van der Waals surface area contributed by atoms with Crippen molar-refractivity contribution in [3.8, 4) is 0 Å². The Bertz CT molecular complexity index is 261. The molecule has 0 aromatic rings. The van der Waals surface area contributed by atoms with E-state index in [1.54, 1.807) is 6.92 Å². The number of amides is 1. The van der Waals surface area contributed by atoms with Crippen LogP contribution in [-0.4, -0.2) is 29.4 Å². The number of nitrogens with two attached hydrogens (primary N) is 1. The van der Waals surface area contributed by atoms with Crippen molar-refractivity contribution in [2.45, 2.75) is 60.0 Å². The van der Waals surface area contributed by atoms with Crippen molar-refractivity contribution in [3.05, 3.63) is 11.6 Å². The van der Waals surface area contributed by atoms with Gasteiger partial charge in [0.05, 0.1) is 0 Å². The Morgan fingerprint density at radius 3 is 2.00 bits per heavy atom. The summed E-state index contributed by atoms with van der Waals surface area (Å²) in [6.07, 6.45) is 3.03. The van der Waals surface area contributed by atoms with E-state index in [0.717, 1.165) is 13.0 Å². The number of primary amides is 1. The molecule has 3 nitrogen and oxygen atoms in total. The number of carbonyl (C=O) groups excluding carboxylic acids is 1. The second kappa shape index (κ2) is 7.49. The topological polar surface area (TPSA) is 46.3 Å². The second-order valence-electron chi connectivity index (χ2n) is 5.41. The normalized spacial score (nSPS) is 14.8. The fraction of sp³-hybridized carbons (Fsp3) is 0.786. The van der Waals surface area contributed by atoms with E-state index in [4.69, 9.17) is 5.73 Å². The Kier molecular flexibility index (Phi) is 7.12. The van der Waals surface area contributed by atoms with Crippen LogP contribution in [-0.2, 0) is 4.79 Å². The van der Waals surface area contributed by atoms with E-state index in [0.29, 0.717) is 23.6 Å². The van der Waals surface area contributed by atoms with Crippen LogP contribution in [0.2, 0.25) is 0 Å². The summed E-state index contributed by atoms with van der Waals surface area (Å²) < 4.78 is 0. The van der Waals surface area contributed by atoms with Gasteiger partial charge >= 0.3 is 0 Å². The predicted molar refractivity (Wildman–Crippen MR) is 73.7 cm³/mol. The molecule has 0 aromatic heterocycles. The molecule has 0 radical (unpaired) electrons. The van der Waals surface area contributed by atoms with Gasteiger partial charge in [-0.15, -0.1) is 0 Å². The van der Waals surface area contributed by atoms with E-state index in [2.05, 4.69) is 39.5 Å². The molecule has 3 heteroatoms. The zero-order valence-electron chi connectivity index (χ0n) is 12.2. The van der Waals surface area contributed by atoms with Gasteiger partial charge in [-0.3, -0.25) is 9.69 Å². The van der Waals surface area contributed by atoms with Crippen molar-refractivity contribution in [3.63, 3.8) is 0 Å². The maximum atomic E-state index is 10.9. The molecule has 0 saturated carbocycles. The summed E-state index contributed by atoms with van der Waals surface area (Å²) in [5.41, 5.74) is 5.88. The Hall–Kier alpha value is -0.830. The fourth-order valence-corrected chi connectivity index (χ4v) is 2.06. The molecule has 1 atom stereocenters. The molecule has 0 saturated heterocycles. The molecule has 1 unspecified atom stereocenters. The minimum Gasteiger partial charge on any atom is -0.366 e. The Balaban J connectivity index is 4.27. The number of allylic oxidation sites excluding steroid dienone is 1. The fourth-order valence-electron chi connectivity index (χ4n) is 2.06. The van der Waals surface area contributed by atoms with Crippen molar-refractivity contribution in [1.29, 1.82) is 0 Å². The van der Waals surface area contributed by atoms with Crippen LogP contribution < -0.4 is 5.73 Å². The van der Waals surface area contributed by atoms with Crippen LogP contribution in [0.25, 0.3) is 0 Å². The van der Waals surface area contributed by atoms with Gasteiger partial charge in [0, 0.05) is 17.7 Å². The van der Waals surface area contributed by atoms with E-state index < -0.39 is 0 Å². The van der Waals surface area contributed by atoms with E-state index in [1.807, 2.05) is 6.08 Å². The predicted octanol–water partition coefficient (Wildman–Crippen LogP) is 2.56. The van der Waals surface area contributed by atoms with Gasteiger partial charge in [0.2, 0.25) is 5.91 Å². The lowest BCUT2D eigenvalue weighted by Crippen LogP contribution is -2.38. The first-order valence-corrected chi connectivity index (χ1v) is 6.49.